The largest absolute Gasteiger partial charge is 0.497 e. The van der Waals surface area contributed by atoms with Crippen LogP contribution in [0, 0.1) is 0 Å². The molecule has 0 aliphatic carbocycles. The van der Waals surface area contributed by atoms with E-state index in [-0.39, 0.29) is 0 Å². The van der Waals surface area contributed by atoms with E-state index in [1.165, 1.54) is 0 Å². The van der Waals surface area contributed by atoms with Crippen molar-refractivity contribution in [3.63, 3.8) is 0 Å². The van der Waals surface area contributed by atoms with Crippen LogP contribution in [0.15, 0.2) is 36.4 Å². The molecule has 0 unspecified atom stereocenters. The first kappa shape index (κ1) is 17.1. The molecule has 0 aliphatic heterocycles. The van der Waals surface area contributed by atoms with Crippen molar-refractivity contribution in [2.45, 2.75) is 0 Å². The highest BCUT2D eigenvalue weighted by molar-refractivity contribution is 6.32. The minimum absolute atomic E-state index is 0.583. The zero-order chi connectivity index (χ0) is 16.7. The molecule has 2 aromatic rings. The molecule has 0 radical (unpaired) electrons. The monoisotopic (exact) mass is 336 g/mol. The van der Waals surface area contributed by atoms with Crippen molar-refractivity contribution in [3.05, 3.63) is 41.4 Å². The van der Waals surface area contributed by atoms with Crippen LogP contribution in [-0.2, 0) is 0 Å². The van der Waals surface area contributed by atoms with Crippen molar-refractivity contribution in [1.29, 1.82) is 0 Å². The van der Waals surface area contributed by atoms with Crippen LogP contribution in [0.25, 0.3) is 0 Å². The average molecular weight is 337 g/mol. The van der Waals surface area contributed by atoms with Gasteiger partial charge in [0.2, 0.25) is 0 Å². The molecule has 0 saturated carbocycles. The molecular weight excluding hydrogens is 316 g/mol. The van der Waals surface area contributed by atoms with E-state index in [1.54, 1.807) is 21.3 Å². The third-order valence-electron chi connectivity index (χ3n) is 3.33. The summed E-state index contributed by atoms with van der Waals surface area (Å²) in [4.78, 5) is 0. The van der Waals surface area contributed by atoms with Crippen LogP contribution in [0.4, 0.5) is 11.4 Å². The van der Waals surface area contributed by atoms with E-state index < -0.39 is 0 Å². The summed E-state index contributed by atoms with van der Waals surface area (Å²) >= 11 is 6.10. The van der Waals surface area contributed by atoms with Crippen LogP contribution >= 0.6 is 11.6 Å². The molecule has 2 N–H and O–H groups in total. The predicted molar refractivity (Wildman–Crippen MR) is 94.5 cm³/mol. The Labute approximate surface area is 141 Å². The summed E-state index contributed by atoms with van der Waals surface area (Å²) in [6.45, 7) is 1.44. The van der Waals surface area contributed by atoms with Gasteiger partial charge in [0.1, 0.15) is 17.2 Å². The summed E-state index contributed by atoms with van der Waals surface area (Å²) in [6, 6.07) is 11.2. The van der Waals surface area contributed by atoms with Crippen molar-refractivity contribution in [1.82, 2.24) is 0 Å². The molecule has 0 aromatic heterocycles. The lowest BCUT2D eigenvalue weighted by Gasteiger charge is -2.13. The molecule has 0 bridgehead atoms. The molecule has 5 nitrogen and oxygen atoms in total. The molecule has 0 aliphatic rings. The van der Waals surface area contributed by atoms with Crippen LogP contribution in [0.3, 0.4) is 0 Å². The van der Waals surface area contributed by atoms with Crippen molar-refractivity contribution in [2.75, 3.05) is 45.1 Å². The Morgan fingerprint density at radius 2 is 1.52 bits per heavy atom. The Morgan fingerprint density at radius 3 is 2.17 bits per heavy atom. The number of nitrogens with one attached hydrogen (secondary N) is 2. The maximum Gasteiger partial charge on any atom is 0.142 e. The van der Waals surface area contributed by atoms with Gasteiger partial charge in [-0.2, -0.15) is 0 Å². The molecule has 0 spiro atoms. The minimum Gasteiger partial charge on any atom is -0.497 e. The van der Waals surface area contributed by atoms with Gasteiger partial charge in [-0.25, -0.2) is 0 Å². The van der Waals surface area contributed by atoms with Crippen molar-refractivity contribution in [2.24, 2.45) is 0 Å². The molecule has 0 amide bonds. The van der Waals surface area contributed by atoms with Crippen molar-refractivity contribution in [3.8, 4) is 17.2 Å². The summed E-state index contributed by atoms with van der Waals surface area (Å²) in [7, 11) is 4.88. The van der Waals surface area contributed by atoms with E-state index in [2.05, 4.69) is 10.6 Å². The van der Waals surface area contributed by atoms with Gasteiger partial charge in [0, 0.05) is 24.8 Å². The smallest absolute Gasteiger partial charge is 0.142 e. The first-order valence-electron chi connectivity index (χ1n) is 7.21. The van der Waals surface area contributed by atoms with Crippen LogP contribution in [0.1, 0.15) is 0 Å². The van der Waals surface area contributed by atoms with Crippen molar-refractivity contribution >= 4 is 23.0 Å². The lowest BCUT2D eigenvalue weighted by Crippen LogP contribution is -2.14. The maximum absolute atomic E-state index is 6.10. The first-order chi connectivity index (χ1) is 11.2. The highest BCUT2D eigenvalue weighted by Crippen LogP contribution is 2.29. The Bertz CT molecular complexity index is 650. The van der Waals surface area contributed by atoms with Gasteiger partial charge in [0.05, 0.1) is 32.0 Å². The standard InChI is InChI=1S/C17H21ClN2O3/c1-21-13-5-7-17(23-3)15(11-13)20-9-8-19-12-4-6-16(22-2)14(18)10-12/h4-7,10-11,19-20H,8-9H2,1-3H3. The number of benzene rings is 2. The topological polar surface area (TPSA) is 51.8 Å². The minimum atomic E-state index is 0.583. The SMILES string of the molecule is COc1ccc(OC)c(NCCNc2ccc(OC)c(Cl)c2)c1. The number of ether oxygens (including phenoxy) is 3. The number of methoxy groups -OCH3 is 3. The molecule has 124 valence electrons. The van der Waals surface area contributed by atoms with Crippen LogP contribution < -0.4 is 24.8 Å². The number of anilines is 2. The zero-order valence-corrected chi connectivity index (χ0v) is 14.2. The quantitative estimate of drug-likeness (QED) is 0.716. The van der Waals surface area contributed by atoms with Gasteiger partial charge in [-0.3, -0.25) is 0 Å². The van der Waals surface area contributed by atoms with Gasteiger partial charge >= 0.3 is 0 Å². The number of rotatable bonds is 8. The van der Waals surface area contributed by atoms with Gasteiger partial charge in [0.25, 0.3) is 0 Å². The maximum atomic E-state index is 6.10. The Balaban J connectivity index is 1.89. The molecule has 0 saturated heterocycles. The number of hydrogen-bond donors (Lipinski definition) is 2. The van der Waals surface area contributed by atoms with Gasteiger partial charge in [-0.1, -0.05) is 11.6 Å². The lowest BCUT2D eigenvalue weighted by molar-refractivity contribution is 0.404. The fraction of sp³-hybridized carbons (Fsp3) is 0.294. The predicted octanol–water partition coefficient (Wildman–Crippen LogP) is 3.89. The molecule has 6 heteroatoms. The van der Waals surface area contributed by atoms with Crippen LogP contribution in [-0.4, -0.2) is 34.4 Å². The second kappa shape index (κ2) is 8.39. The Hall–Kier alpha value is -2.27. The van der Waals surface area contributed by atoms with E-state index >= 15 is 0 Å². The molecule has 0 fully saturated rings. The van der Waals surface area contributed by atoms with Gasteiger partial charge in [0.15, 0.2) is 0 Å². The lowest BCUT2D eigenvalue weighted by atomic mass is 10.2. The molecule has 0 atom stereocenters. The first-order valence-corrected chi connectivity index (χ1v) is 7.59. The highest BCUT2D eigenvalue weighted by atomic mass is 35.5. The summed E-state index contributed by atoms with van der Waals surface area (Å²) < 4.78 is 15.7. The van der Waals surface area contributed by atoms with Crippen LogP contribution in [0.5, 0.6) is 17.2 Å². The number of hydrogen-bond acceptors (Lipinski definition) is 5. The molecular formula is C17H21ClN2O3. The van der Waals surface area contributed by atoms with Gasteiger partial charge < -0.3 is 24.8 Å². The molecule has 23 heavy (non-hydrogen) atoms. The fourth-order valence-electron chi connectivity index (χ4n) is 2.13. The van der Waals surface area contributed by atoms with Crippen LogP contribution in [0.2, 0.25) is 5.02 Å². The highest BCUT2D eigenvalue weighted by Gasteiger charge is 2.05. The molecule has 0 heterocycles. The van der Waals surface area contributed by atoms with E-state index in [4.69, 9.17) is 25.8 Å². The number of halogens is 1. The van der Waals surface area contributed by atoms with E-state index in [9.17, 15) is 0 Å². The van der Waals surface area contributed by atoms with Gasteiger partial charge in [-0.05, 0) is 30.3 Å². The van der Waals surface area contributed by atoms with E-state index in [0.717, 1.165) is 29.4 Å². The molecule has 2 rings (SSSR count). The normalized spacial score (nSPS) is 10.1. The third-order valence-corrected chi connectivity index (χ3v) is 3.62. The summed E-state index contributed by atoms with van der Waals surface area (Å²) in [6.07, 6.45) is 0. The summed E-state index contributed by atoms with van der Waals surface area (Å²) in [5.41, 5.74) is 1.83. The second-order valence-corrected chi connectivity index (χ2v) is 5.18. The van der Waals surface area contributed by atoms with Gasteiger partial charge in [-0.15, -0.1) is 0 Å². The summed E-state index contributed by atoms with van der Waals surface area (Å²) in [5.74, 6) is 2.22. The zero-order valence-electron chi connectivity index (χ0n) is 13.5. The Morgan fingerprint density at radius 1 is 0.826 bits per heavy atom. The summed E-state index contributed by atoms with van der Waals surface area (Å²) in [5, 5.41) is 7.20. The molecule has 2 aromatic carbocycles. The third kappa shape index (κ3) is 4.60. The van der Waals surface area contributed by atoms with Crippen molar-refractivity contribution < 1.29 is 14.2 Å². The van der Waals surface area contributed by atoms with E-state index in [0.29, 0.717) is 17.3 Å². The Kier molecular flexibility index (Phi) is 6.23. The van der Waals surface area contributed by atoms with E-state index in [1.807, 2.05) is 36.4 Å². The second-order valence-electron chi connectivity index (χ2n) is 4.77. The fourth-order valence-corrected chi connectivity index (χ4v) is 2.39. The average Bonchev–Trinajstić information content (AvgIpc) is 2.58.